The molecule has 7 heteroatoms. The second-order valence-corrected chi connectivity index (χ2v) is 8.47. The fourth-order valence-corrected chi connectivity index (χ4v) is 3.56. The standard InChI is InChI=1S/C26H36N4O3/c1-4-21(3)28-25(31)9-6-12-33-26-17-24(30-10-13-32-14-11-30)16-23(29-26)19-27-18-22-8-5-7-20(2)15-22/h5,7-8,15-18,21H,4,6,9-14,19H2,1-3H3,(H,28,31). The van der Waals surface area contributed by atoms with Crippen LogP contribution in [0.5, 0.6) is 5.88 Å². The number of benzene rings is 1. The average Bonchev–Trinajstić information content (AvgIpc) is 2.82. The van der Waals surface area contributed by atoms with E-state index in [2.05, 4.69) is 52.2 Å². The highest BCUT2D eigenvalue weighted by atomic mass is 16.5. The van der Waals surface area contributed by atoms with E-state index in [1.165, 1.54) is 5.56 Å². The lowest BCUT2D eigenvalue weighted by atomic mass is 10.1. The second kappa shape index (κ2) is 12.9. The predicted molar refractivity (Wildman–Crippen MR) is 132 cm³/mol. The van der Waals surface area contributed by atoms with Crippen molar-refractivity contribution in [1.82, 2.24) is 10.3 Å². The lowest BCUT2D eigenvalue weighted by Crippen LogP contribution is -2.36. The number of nitrogens with one attached hydrogen (secondary N) is 1. The third kappa shape index (κ3) is 8.50. The van der Waals surface area contributed by atoms with Crippen LogP contribution in [0.25, 0.3) is 0 Å². The van der Waals surface area contributed by atoms with Crippen molar-refractivity contribution in [1.29, 1.82) is 0 Å². The van der Waals surface area contributed by atoms with Gasteiger partial charge in [0.05, 0.1) is 32.1 Å². The number of carbonyl (C=O) groups excluding carboxylic acids is 1. The molecule has 0 radical (unpaired) electrons. The van der Waals surface area contributed by atoms with Crippen LogP contribution in [0.2, 0.25) is 0 Å². The van der Waals surface area contributed by atoms with Gasteiger partial charge in [0.2, 0.25) is 11.8 Å². The molecule has 0 saturated carbocycles. The van der Waals surface area contributed by atoms with Gasteiger partial charge in [0, 0.05) is 43.5 Å². The normalized spacial score (nSPS) is 14.9. The highest BCUT2D eigenvalue weighted by Crippen LogP contribution is 2.23. The molecule has 1 aliphatic rings. The number of hydrogen-bond donors (Lipinski definition) is 1. The van der Waals surface area contributed by atoms with E-state index in [0.29, 0.717) is 45.1 Å². The van der Waals surface area contributed by atoms with Crippen molar-refractivity contribution in [2.24, 2.45) is 4.99 Å². The number of pyridine rings is 1. The molecule has 0 bridgehead atoms. The minimum absolute atomic E-state index is 0.0640. The van der Waals surface area contributed by atoms with Crippen LogP contribution in [0.4, 0.5) is 5.69 Å². The maximum absolute atomic E-state index is 12.0. The van der Waals surface area contributed by atoms with E-state index < -0.39 is 0 Å². The summed E-state index contributed by atoms with van der Waals surface area (Å²) in [4.78, 5) is 23.5. The first-order valence-electron chi connectivity index (χ1n) is 11.9. The Morgan fingerprint density at radius 1 is 1.30 bits per heavy atom. The Morgan fingerprint density at radius 2 is 2.12 bits per heavy atom. The summed E-state index contributed by atoms with van der Waals surface area (Å²) in [6.07, 6.45) is 3.90. The van der Waals surface area contributed by atoms with Crippen LogP contribution < -0.4 is 15.0 Å². The summed E-state index contributed by atoms with van der Waals surface area (Å²) < 4.78 is 11.4. The highest BCUT2D eigenvalue weighted by Gasteiger charge is 2.14. The van der Waals surface area contributed by atoms with Gasteiger partial charge in [-0.3, -0.25) is 9.79 Å². The van der Waals surface area contributed by atoms with E-state index in [4.69, 9.17) is 9.47 Å². The summed E-state index contributed by atoms with van der Waals surface area (Å²) in [6.45, 7) is 10.2. The number of aromatic nitrogens is 1. The second-order valence-electron chi connectivity index (χ2n) is 8.47. The Labute approximate surface area is 197 Å². The van der Waals surface area contributed by atoms with E-state index in [9.17, 15) is 4.79 Å². The van der Waals surface area contributed by atoms with Gasteiger partial charge in [-0.1, -0.05) is 36.8 Å². The predicted octanol–water partition coefficient (Wildman–Crippen LogP) is 3.92. The maximum atomic E-state index is 12.0. The SMILES string of the molecule is CCC(C)NC(=O)CCCOc1cc(N2CCOCC2)cc(CN=Cc2cccc(C)c2)n1. The number of hydrogen-bond acceptors (Lipinski definition) is 6. The van der Waals surface area contributed by atoms with Gasteiger partial charge >= 0.3 is 0 Å². The molecule has 2 aromatic rings. The van der Waals surface area contributed by atoms with Gasteiger partial charge in [0.1, 0.15) is 0 Å². The van der Waals surface area contributed by atoms with Gasteiger partial charge in [0.25, 0.3) is 0 Å². The molecule has 1 atom stereocenters. The largest absolute Gasteiger partial charge is 0.478 e. The number of ether oxygens (including phenoxy) is 2. The van der Waals surface area contributed by atoms with Gasteiger partial charge in [-0.15, -0.1) is 0 Å². The Kier molecular flexibility index (Phi) is 9.69. The molecule has 1 aromatic carbocycles. The lowest BCUT2D eigenvalue weighted by Gasteiger charge is -2.29. The molecule has 7 nitrogen and oxygen atoms in total. The van der Waals surface area contributed by atoms with E-state index >= 15 is 0 Å². The number of rotatable bonds is 11. The van der Waals surface area contributed by atoms with Crippen molar-refractivity contribution >= 4 is 17.8 Å². The first kappa shape index (κ1) is 24.7. The summed E-state index contributed by atoms with van der Waals surface area (Å²) in [5.41, 5.74) is 4.21. The molecule has 33 heavy (non-hydrogen) atoms. The van der Waals surface area contributed by atoms with Crippen LogP contribution in [0, 0.1) is 6.92 Å². The summed E-state index contributed by atoms with van der Waals surface area (Å²) in [7, 11) is 0. The third-order valence-corrected chi connectivity index (χ3v) is 5.57. The van der Waals surface area contributed by atoms with Crippen molar-refractivity contribution in [3.8, 4) is 5.88 Å². The number of aryl methyl sites for hydroxylation is 1. The molecule has 1 aliphatic heterocycles. The Morgan fingerprint density at radius 3 is 2.88 bits per heavy atom. The van der Waals surface area contributed by atoms with Gasteiger partial charge in [-0.25, -0.2) is 4.98 Å². The van der Waals surface area contributed by atoms with Gasteiger partial charge < -0.3 is 19.7 Å². The maximum Gasteiger partial charge on any atom is 0.220 e. The van der Waals surface area contributed by atoms with Crippen molar-refractivity contribution in [3.05, 3.63) is 53.2 Å². The van der Waals surface area contributed by atoms with Crippen molar-refractivity contribution in [2.45, 2.75) is 52.6 Å². The molecule has 0 spiro atoms. The number of amides is 1. The summed E-state index contributed by atoms with van der Waals surface area (Å²) in [5, 5.41) is 2.99. The average molecular weight is 453 g/mol. The molecule has 3 rings (SSSR count). The number of anilines is 1. The highest BCUT2D eigenvalue weighted by molar-refractivity contribution is 5.79. The molecule has 1 amide bonds. The molecule has 2 heterocycles. The topological polar surface area (TPSA) is 76.0 Å². The quantitative estimate of drug-likeness (QED) is 0.413. The zero-order valence-corrected chi connectivity index (χ0v) is 20.0. The minimum Gasteiger partial charge on any atom is -0.478 e. The number of carbonyl (C=O) groups is 1. The monoisotopic (exact) mass is 452 g/mol. The molecule has 1 aromatic heterocycles. The first-order valence-corrected chi connectivity index (χ1v) is 11.9. The number of morpholine rings is 1. The summed E-state index contributed by atoms with van der Waals surface area (Å²) in [6, 6.07) is 12.5. The summed E-state index contributed by atoms with van der Waals surface area (Å²) >= 11 is 0. The summed E-state index contributed by atoms with van der Waals surface area (Å²) in [5.74, 6) is 0.635. The van der Waals surface area contributed by atoms with Crippen molar-refractivity contribution < 1.29 is 14.3 Å². The molecule has 1 unspecified atom stereocenters. The van der Waals surface area contributed by atoms with Crippen LogP contribution in [0.3, 0.4) is 0 Å². The van der Waals surface area contributed by atoms with Crippen LogP contribution in [-0.4, -0.2) is 56.1 Å². The molecule has 1 saturated heterocycles. The molecular formula is C26H36N4O3. The zero-order valence-electron chi connectivity index (χ0n) is 20.0. The lowest BCUT2D eigenvalue weighted by molar-refractivity contribution is -0.121. The molecule has 1 fully saturated rings. The van der Waals surface area contributed by atoms with Crippen LogP contribution >= 0.6 is 0 Å². The molecule has 1 N–H and O–H groups in total. The molecule has 0 aliphatic carbocycles. The number of nitrogens with zero attached hydrogens (tertiary/aromatic N) is 3. The third-order valence-electron chi connectivity index (χ3n) is 5.57. The van der Waals surface area contributed by atoms with Crippen LogP contribution in [-0.2, 0) is 16.1 Å². The zero-order chi connectivity index (χ0) is 23.5. The van der Waals surface area contributed by atoms with Gasteiger partial charge in [-0.05, 0) is 38.3 Å². The van der Waals surface area contributed by atoms with E-state index in [0.717, 1.165) is 36.5 Å². The van der Waals surface area contributed by atoms with Crippen molar-refractivity contribution in [3.63, 3.8) is 0 Å². The van der Waals surface area contributed by atoms with Crippen molar-refractivity contribution in [2.75, 3.05) is 37.8 Å². The fourth-order valence-electron chi connectivity index (χ4n) is 3.56. The minimum atomic E-state index is 0.0640. The Hall–Kier alpha value is -2.93. The van der Waals surface area contributed by atoms with E-state index in [-0.39, 0.29) is 11.9 Å². The van der Waals surface area contributed by atoms with E-state index in [1.807, 2.05) is 31.3 Å². The van der Waals surface area contributed by atoms with Crippen LogP contribution in [0.1, 0.15) is 49.9 Å². The molecular weight excluding hydrogens is 416 g/mol. The Bertz CT molecular complexity index is 926. The fraction of sp³-hybridized carbons (Fsp3) is 0.500. The smallest absolute Gasteiger partial charge is 0.220 e. The van der Waals surface area contributed by atoms with Gasteiger partial charge in [0.15, 0.2) is 0 Å². The Balaban J connectivity index is 1.62. The number of aliphatic imine (C=N–C) groups is 1. The molecule has 178 valence electrons. The van der Waals surface area contributed by atoms with Gasteiger partial charge in [-0.2, -0.15) is 0 Å². The van der Waals surface area contributed by atoms with E-state index in [1.54, 1.807) is 0 Å². The van der Waals surface area contributed by atoms with Crippen LogP contribution in [0.15, 0.2) is 41.4 Å². The first-order chi connectivity index (χ1) is 16.0.